The van der Waals surface area contributed by atoms with Crippen LogP contribution in [-0.4, -0.2) is 19.3 Å². The Morgan fingerprint density at radius 1 is 1.41 bits per heavy atom. The van der Waals surface area contributed by atoms with Crippen molar-refractivity contribution in [3.05, 3.63) is 24.8 Å². The van der Waals surface area contributed by atoms with Crippen LogP contribution in [0.5, 0.6) is 0 Å². The highest BCUT2D eigenvalue weighted by atomic mass is 31.2. The lowest BCUT2D eigenvalue weighted by molar-refractivity contribution is 0.0713. The quantitative estimate of drug-likeness (QED) is 0.493. The molecule has 0 radical (unpaired) electrons. The Balaban J connectivity index is 2.60. The second-order valence-electron chi connectivity index (χ2n) is 3.78. The van der Waals surface area contributed by atoms with Crippen LogP contribution in [0.2, 0.25) is 0 Å². The molecule has 2 atom stereocenters. The lowest BCUT2D eigenvalue weighted by atomic mass is 10.0. The fraction of sp³-hybridized carbons (Fsp3) is 0.667. The van der Waals surface area contributed by atoms with Crippen molar-refractivity contribution in [1.29, 1.82) is 0 Å². The van der Waals surface area contributed by atoms with Gasteiger partial charge in [0.05, 0.1) is 19.3 Å². The fourth-order valence-electron chi connectivity index (χ4n) is 1.81. The maximum atomic E-state index is 12.2. The molecule has 0 amide bonds. The van der Waals surface area contributed by atoms with Crippen LogP contribution in [0, 0.1) is 5.92 Å². The van der Waals surface area contributed by atoms with E-state index in [1.54, 1.807) is 13.8 Å². The van der Waals surface area contributed by atoms with Crippen molar-refractivity contribution in [2.24, 2.45) is 5.92 Å². The van der Waals surface area contributed by atoms with Crippen molar-refractivity contribution in [3.63, 3.8) is 0 Å². The Bertz CT molecular complexity index is 304. The van der Waals surface area contributed by atoms with E-state index >= 15 is 0 Å². The van der Waals surface area contributed by atoms with Gasteiger partial charge in [-0.1, -0.05) is 18.2 Å². The highest BCUT2D eigenvalue weighted by Crippen LogP contribution is 2.52. The van der Waals surface area contributed by atoms with Gasteiger partial charge >= 0.3 is 7.82 Å². The molecular weight excluding hydrogens is 239 g/mol. The summed E-state index contributed by atoms with van der Waals surface area (Å²) in [6.45, 7) is 7.86. The summed E-state index contributed by atoms with van der Waals surface area (Å²) in [5, 5.41) is 0. The molecule has 0 aromatic carbocycles. The zero-order valence-electron chi connectivity index (χ0n) is 10.5. The summed E-state index contributed by atoms with van der Waals surface area (Å²) in [6.07, 6.45) is 7.33. The van der Waals surface area contributed by atoms with Gasteiger partial charge in [-0.3, -0.25) is 13.6 Å². The summed E-state index contributed by atoms with van der Waals surface area (Å²) in [7, 11) is -3.40. The average molecular weight is 260 g/mol. The molecule has 0 unspecified atom stereocenters. The van der Waals surface area contributed by atoms with Gasteiger partial charge in [0.15, 0.2) is 0 Å². The van der Waals surface area contributed by atoms with E-state index in [-0.39, 0.29) is 12.0 Å². The number of phosphoric acid groups is 1. The van der Waals surface area contributed by atoms with E-state index in [0.717, 1.165) is 12.8 Å². The summed E-state index contributed by atoms with van der Waals surface area (Å²) >= 11 is 0. The zero-order valence-corrected chi connectivity index (χ0v) is 11.4. The smallest absolute Gasteiger partial charge is 0.287 e. The minimum absolute atomic E-state index is 0.142. The van der Waals surface area contributed by atoms with Gasteiger partial charge in [0, 0.05) is 5.92 Å². The van der Waals surface area contributed by atoms with Crippen molar-refractivity contribution in [3.8, 4) is 0 Å². The Kier molecular flexibility index (Phi) is 6.14. The predicted octanol–water partition coefficient (Wildman–Crippen LogP) is 3.70. The summed E-state index contributed by atoms with van der Waals surface area (Å²) in [4.78, 5) is 0. The van der Waals surface area contributed by atoms with Crippen LogP contribution in [-0.2, 0) is 18.1 Å². The molecule has 17 heavy (non-hydrogen) atoms. The first kappa shape index (κ1) is 14.7. The van der Waals surface area contributed by atoms with Crippen LogP contribution in [0.3, 0.4) is 0 Å². The van der Waals surface area contributed by atoms with Crippen LogP contribution in [0.25, 0.3) is 0 Å². The Morgan fingerprint density at radius 2 is 2.06 bits per heavy atom. The number of phosphoric ester groups is 1. The van der Waals surface area contributed by atoms with E-state index in [2.05, 4.69) is 12.7 Å². The van der Waals surface area contributed by atoms with Crippen molar-refractivity contribution < 1.29 is 18.1 Å². The monoisotopic (exact) mass is 260 g/mol. The molecule has 1 aliphatic rings. The topological polar surface area (TPSA) is 44.8 Å². The van der Waals surface area contributed by atoms with Gasteiger partial charge in [0.1, 0.15) is 0 Å². The fourth-order valence-corrected chi connectivity index (χ4v) is 3.21. The van der Waals surface area contributed by atoms with Crippen LogP contribution in [0.4, 0.5) is 0 Å². The third kappa shape index (κ3) is 4.40. The molecule has 0 aromatic heterocycles. The zero-order chi connectivity index (χ0) is 12.7. The van der Waals surface area contributed by atoms with Crippen molar-refractivity contribution in [2.45, 2.75) is 32.8 Å². The maximum absolute atomic E-state index is 12.2. The Morgan fingerprint density at radius 3 is 2.59 bits per heavy atom. The summed E-state index contributed by atoms with van der Waals surface area (Å²) in [6, 6.07) is 0. The van der Waals surface area contributed by atoms with Crippen molar-refractivity contribution >= 4 is 7.82 Å². The molecule has 0 saturated carbocycles. The van der Waals surface area contributed by atoms with Crippen LogP contribution in [0.1, 0.15) is 26.7 Å². The molecule has 1 aliphatic carbocycles. The number of rotatable bonds is 8. The molecule has 0 spiro atoms. The van der Waals surface area contributed by atoms with Gasteiger partial charge < -0.3 is 0 Å². The molecule has 4 nitrogen and oxygen atoms in total. The van der Waals surface area contributed by atoms with Gasteiger partial charge in [0.25, 0.3) is 0 Å². The van der Waals surface area contributed by atoms with E-state index < -0.39 is 7.82 Å². The molecule has 0 fully saturated rings. The molecule has 5 heteroatoms. The summed E-state index contributed by atoms with van der Waals surface area (Å²) in [5.74, 6) is 0.210. The van der Waals surface area contributed by atoms with Crippen LogP contribution >= 0.6 is 7.82 Å². The molecule has 0 N–H and O–H groups in total. The molecule has 1 rings (SSSR count). The average Bonchev–Trinajstić information content (AvgIpc) is 2.66. The molecule has 0 saturated heterocycles. The first-order valence-corrected chi connectivity index (χ1v) is 7.46. The number of allylic oxidation sites excluding steroid dienone is 1. The van der Waals surface area contributed by atoms with Crippen LogP contribution < -0.4 is 0 Å². The number of hydrogen-bond acceptors (Lipinski definition) is 4. The van der Waals surface area contributed by atoms with E-state index in [0.29, 0.717) is 13.2 Å². The van der Waals surface area contributed by atoms with Crippen LogP contribution in [0.15, 0.2) is 24.8 Å². The normalized spacial score (nSPS) is 24.1. The van der Waals surface area contributed by atoms with Gasteiger partial charge in [-0.15, -0.1) is 6.58 Å². The van der Waals surface area contributed by atoms with Gasteiger partial charge in [-0.2, -0.15) is 0 Å². The SMILES string of the molecule is C=CC[C@@H]1C=CC[C@H]1OP(=O)(OCC)OCC. The van der Waals surface area contributed by atoms with E-state index in [9.17, 15) is 4.57 Å². The maximum Gasteiger partial charge on any atom is 0.475 e. The molecule has 0 aliphatic heterocycles. The van der Waals surface area contributed by atoms with E-state index in [1.165, 1.54) is 0 Å². The molecule has 0 heterocycles. The van der Waals surface area contributed by atoms with Gasteiger partial charge in [-0.05, 0) is 26.7 Å². The Hall–Kier alpha value is -0.410. The standard InChI is InChI=1S/C12H21O4P/c1-4-8-11-9-7-10-12(11)16-17(13,14-5-2)15-6-3/h4,7,9,11-12H,1,5-6,8,10H2,2-3H3/t11-,12-/m1/s1. The highest BCUT2D eigenvalue weighted by molar-refractivity contribution is 7.48. The first-order valence-electron chi connectivity index (χ1n) is 6.00. The summed E-state index contributed by atoms with van der Waals surface area (Å²) in [5.41, 5.74) is 0. The second-order valence-corrected chi connectivity index (χ2v) is 5.40. The van der Waals surface area contributed by atoms with E-state index in [4.69, 9.17) is 13.6 Å². The lowest BCUT2D eigenvalue weighted by Crippen LogP contribution is -2.18. The third-order valence-corrected chi connectivity index (χ3v) is 4.18. The highest BCUT2D eigenvalue weighted by Gasteiger charge is 2.34. The minimum atomic E-state index is -3.40. The summed E-state index contributed by atoms with van der Waals surface area (Å²) < 4.78 is 28.0. The van der Waals surface area contributed by atoms with Crippen molar-refractivity contribution in [1.82, 2.24) is 0 Å². The largest absolute Gasteiger partial charge is 0.475 e. The van der Waals surface area contributed by atoms with E-state index in [1.807, 2.05) is 12.2 Å². The van der Waals surface area contributed by atoms with Gasteiger partial charge in [-0.25, -0.2) is 4.57 Å². The molecule has 0 aromatic rings. The minimum Gasteiger partial charge on any atom is -0.287 e. The van der Waals surface area contributed by atoms with Crippen molar-refractivity contribution in [2.75, 3.05) is 13.2 Å². The molecule has 0 bridgehead atoms. The second kappa shape index (κ2) is 7.12. The lowest BCUT2D eigenvalue weighted by Gasteiger charge is -2.24. The third-order valence-electron chi connectivity index (χ3n) is 2.51. The molecular formula is C12H21O4P. The van der Waals surface area contributed by atoms with Gasteiger partial charge in [0.2, 0.25) is 0 Å². The first-order chi connectivity index (χ1) is 8.15. The number of hydrogen-bond donors (Lipinski definition) is 0. The predicted molar refractivity (Wildman–Crippen MR) is 67.8 cm³/mol. The molecule has 98 valence electrons. The Labute approximate surface area is 103 Å².